The van der Waals surface area contributed by atoms with Crippen molar-refractivity contribution in [3.05, 3.63) is 29.8 Å². The van der Waals surface area contributed by atoms with Crippen LogP contribution >= 0.6 is 0 Å². The first-order valence-corrected chi connectivity index (χ1v) is 5.85. The number of nitrogens with two attached hydrogens (primary N) is 1. The lowest BCUT2D eigenvalue weighted by molar-refractivity contribution is 0.145. The molecule has 1 aromatic rings. The molecule has 0 atom stereocenters. The molecule has 1 aliphatic carbocycles. The maximum Gasteiger partial charge on any atom is 0.0827 e. The summed E-state index contributed by atoms with van der Waals surface area (Å²) in [6.45, 7) is 4.46. The molecule has 0 unspecified atom stereocenters. The van der Waals surface area contributed by atoms with E-state index in [0.717, 1.165) is 24.1 Å². The molecule has 0 radical (unpaired) electrons. The molecule has 1 aromatic carbocycles. The van der Waals surface area contributed by atoms with Gasteiger partial charge < -0.3 is 5.73 Å². The first kappa shape index (κ1) is 11.0. The lowest BCUT2D eigenvalue weighted by Crippen LogP contribution is -2.42. The summed E-state index contributed by atoms with van der Waals surface area (Å²) in [6, 6.07) is 10.3. The molecule has 0 heterocycles. The van der Waals surface area contributed by atoms with Gasteiger partial charge in [-0.2, -0.15) is 5.26 Å². The molecule has 1 fully saturated rings. The first-order valence-electron chi connectivity index (χ1n) is 5.85. The van der Waals surface area contributed by atoms with Crippen LogP contribution in [0.2, 0.25) is 0 Å². The van der Waals surface area contributed by atoms with Crippen molar-refractivity contribution < 1.29 is 0 Å². The lowest BCUT2D eigenvalue weighted by atomic mass is 9.56. The molecule has 1 aliphatic rings. The van der Waals surface area contributed by atoms with Crippen LogP contribution in [0.25, 0.3) is 0 Å². The highest BCUT2D eigenvalue weighted by atomic mass is 14.5. The highest BCUT2D eigenvalue weighted by molar-refractivity contribution is 5.45. The minimum atomic E-state index is -0.247. The monoisotopic (exact) mass is 214 g/mol. The van der Waals surface area contributed by atoms with Crippen molar-refractivity contribution >= 4 is 5.69 Å². The van der Waals surface area contributed by atoms with Gasteiger partial charge >= 0.3 is 0 Å². The molecule has 0 saturated heterocycles. The molecule has 2 nitrogen and oxygen atoms in total. The molecule has 0 bridgehead atoms. The van der Waals surface area contributed by atoms with Crippen molar-refractivity contribution in [2.75, 3.05) is 5.73 Å². The predicted octanol–water partition coefficient (Wildman–Crippen LogP) is 3.10. The van der Waals surface area contributed by atoms with Crippen molar-refractivity contribution in [1.29, 1.82) is 5.26 Å². The molecule has 0 spiro atoms. The van der Waals surface area contributed by atoms with Crippen molar-refractivity contribution in [1.82, 2.24) is 0 Å². The quantitative estimate of drug-likeness (QED) is 0.769. The van der Waals surface area contributed by atoms with Gasteiger partial charge in [0.15, 0.2) is 0 Å². The van der Waals surface area contributed by atoms with Crippen molar-refractivity contribution in [3.8, 4) is 6.07 Å². The van der Waals surface area contributed by atoms with Gasteiger partial charge in [-0.25, -0.2) is 0 Å². The minimum Gasteiger partial charge on any atom is -0.399 e. The second-order valence-corrected chi connectivity index (χ2v) is 5.23. The van der Waals surface area contributed by atoms with E-state index in [4.69, 9.17) is 5.73 Å². The van der Waals surface area contributed by atoms with E-state index in [1.54, 1.807) is 0 Å². The van der Waals surface area contributed by atoms with Gasteiger partial charge in [-0.05, 0) is 42.4 Å². The average Bonchev–Trinajstić information content (AvgIpc) is 2.19. The van der Waals surface area contributed by atoms with Gasteiger partial charge in [0.1, 0.15) is 0 Å². The topological polar surface area (TPSA) is 49.8 Å². The number of nitrogens with zero attached hydrogens (tertiary/aromatic N) is 1. The zero-order valence-electron chi connectivity index (χ0n) is 9.90. The molecule has 16 heavy (non-hydrogen) atoms. The van der Waals surface area contributed by atoms with Crippen LogP contribution in [0.15, 0.2) is 24.3 Å². The van der Waals surface area contributed by atoms with Crippen molar-refractivity contribution in [3.63, 3.8) is 0 Å². The van der Waals surface area contributed by atoms with Crippen LogP contribution in [0.1, 0.15) is 32.3 Å². The number of anilines is 1. The van der Waals surface area contributed by atoms with Gasteiger partial charge in [0.25, 0.3) is 0 Å². The van der Waals surface area contributed by atoms with Crippen LogP contribution in [0.3, 0.4) is 0 Å². The summed E-state index contributed by atoms with van der Waals surface area (Å²) >= 11 is 0. The zero-order chi connectivity index (χ0) is 11.8. The Labute approximate surface area is 97.1 Å². The van der Waals surface area contributed by atoms with Crippen LogP contribution in [0, 0.1) is 23.2 Å². The van der Waals surface area contributed by atoms with Crippen LogP contribution in [-0.2, 0) is 5.41 Å². The van der Waals surface area contributed by atoms with E-state index in [-0.39, 0.29) is 5.41 Å². The molecular weight excluding hydrogens is 196 g/mol. The molecule has 2 heteroatoms. The second kappa shape index (κ2) is 3.83. The second-order valence-electron chi connectivity index (χ2n) is 5.23. The third kappa shape index (κ3) is 1.67. The van der Waals surface area contributed by atoms with Crippen molar-refractivity contribution in [2.45, 2.75) is 32.1 Å². The van der Waals surface area contributed by atoms with Gasteiger partial charge in [-0.1, -0.05) is 26.0 Å². The number of nitriles is 1. The number of benzene rings is 1. The number of hydrogen-bond donors (Lipinski definition) is 1. The Kier molecular flexibility index (Phi) is 2.63. The Balaban J connectivity index is 2.20. The lowest BCUT2D eigenvalue weighted by Gasteiger charge is -2.45. The van der Waals surface area contributed by atoms with E-state index >= 15 is 0 Å². The molecule has 0 aliphatic heterocycles. The fraction of sp³-hybridized carbons (Fsp3) is 0.500. The van der Waals surface area contributed by atoms with Crippen LogP contribution in [0.4, 0.5) is 5.69 Å². The Morgan fingerprint density at radius 2 is 1.88 bits per heavy atom. The number of nitrogen functional groups attached to an aromatic ring is 1. The Bertz CT molecular complexity index is 405. The maximum atomic E-state index is 9.38. The summed E-state index contributed by atoms with van der Waals surface area (Å²) in [5.41, 5.74) is 7.30. The van der Waals surface area contributed by atoms with E-state index < -0.39 is 0 Å². The molecule has 0 amide bonds. The Hall–Kier alpha value is -1.49. The van der Waals surface area contributed by atoms with Crippen molar-refractivity contribution in [2.24, 2.45) is 11.8 Å². The van der Waals surface area contributed by atoms with E-state index in [9.17, 15) is 5.26 Å². The Morgan fingerprint density at radius 3 is 2.31 bits per heavy atom. The molecule has 1 saturated carbocycles. The fourth-order valence-electron chi connectivity index (χ4n) is 2.50. The van der Waals surface area contributed by atoms with Gasteiger partial charge in [0, 0.05) is 5.69 Å². The molecule has 2 rings (SSSR count). The summed E-state index contributed by atoms with van der Waals surface area (Å²) in [5.74, 6) is 1.37. The summed E-state index contributed by atoms with van der Waals surface area (Å²) < 4.78 is 0. The van der Waals surface area contributed by atoms with E-state index in [1.165, 1.54) is 0 Å². The summed E-state index contributed by atoms with van der Waals surface area (Å²) in [4.78, 5) is 0. The van der Waals surface area contributed by atoms with Crippen LogP contribution < -0.4 is 5.73 Å². The third-order valence-electron chi connectivity index (χ3n) is 3.84. The Morgan fingerprint density at radius 1 is 1.31 bits per heavy atom. The van der Waals surface area contributed by atoms with Crippen LogP contribution in [-0.4, -0.2) is 0 Å². The molecule has 0 aromatic heterocycles. The maximum absolute atomic E-state index is 9.38. The standard InChI is InChI=1S/C14H18N2/c1-10(2)11-7-14(8-11,9-15)12-3-5-13(16)6-4-12/h3-6,10-11H,7-8,16H2,1-2H3. The summed E-state index contributed by atoms with van der Waals surface area (Å²) in [7, 11) is 0. The normalized spacial score (nSPS) is 28.5. The van der Waals surface area contributed by atoms with Gasteiger partial charge in [0.2, 0.25) is 0 Å². The molecule has 2 N–H and O–H groups in total. The molecular formula is C14H18N2. The number of hydrogen-bond acceptors (Lipinski definition) is 2. The predicted molar refractivity (Wildman–Crippen MR) is 65.7 cm³/mol. The minimum absolute atomic E-state index is 0.247. The first-order chi connectivity index (χ1) is 7.57. The van der Waals surface area contributed by atoms with Gasteiger partial charge in [-0.3, -0.25) is 0 Å². The largest absolute Gasteiger partial charge is 0.399 e. The smallest absolute Gasteiger partial charge is 0.0827 e. The summed E-state index contributed by atoms with van der Waals surface area (Å²) in [6.07, 6.45) is 1.98. The fourth-order valence-corrected chi connectivity index (χ4v) is 2.50. The third-order valence-corrected chi connectivity index (χ3v) is 3.84. The highest BCUT2D eigenvalue weighted by Crippen LogP contribution is 2.50. The SMILES string of the molecule is CC(C)C1CC(C#N)(c2ccc(N)cc2)C1. The summed E-state index contributed by atoms with van der Waals surface area (Å²) in [5, 5.41) is 9.38. The molecule has 84 valence electrons. The highest BCUT2D eigenvalue weighted by Gasteiger charge is 2.46. The van der Waals surface area contributed by atoms with E-state index in [0.29, 0.717) is 11.8 Å². The van der Waals surface area contributed by atoms with Crippen LogP contribution in [0.5, 0.6) is 0 Å². The zero-order valence-corrected chi connectivity index (χ0v) is 9.90. The van der Waals surface area contributed by atoms with E-state index in [1.807, 2.05) is 24.3 Å². The average molecular weight is 214 g/mol. The van der Waals surface area contributed by atoms with Gasteiger partial charge in [-0.15, -0.1) is 0 Å². The van der Waals surface area contributed by atoms with Gasteiger partial charge in [0.05, 0.1) is 11.5 Å². The van der Waals surface area contributed by atoms with E-state index in [2.05, 4.69) is 19.9 Å². The number of rotatable bonds is 2.